The van der Waals surface area contributed by atoms with Gasteiger partial charge < -0.3 is 5.32 Å². The molecule has 1 aromatic carbocycles. The summed E-state index contributed by atoms with van der Waals surface area (Å²) >= 11 is 0. The number of rotatable bonds is 2. The molecule has 0 bridgehead atoms. The third-order valence-corrected chi connectivity index (χ3v) is 5.37. The van der Waals surface area contributed by atoms with Gasteiger partial charge in [-0.2, -0.15) is 18.3 Å². The zero-order valence-corrected chi connectivity index (χ0v) is 14.1. The molecule has 0 spiro atoms. The van der Waals surface area contributed by atoms with Crippen LogP contribution in [0.2, 0.25) is 0 Å². The first-order chi connectivity index (χ1) is 12.1. The van der Waals surface area contributed by atoms with Gasteiger partial charge >= 0.3 is 6.18 Å². The molecule has 3 nitrogen and oxygen atoms in total. The van der Waals surface area contributed by atoms with Gasteiger partial charge in [-0.25, -0.2) is 0 Å². The first kappa shape index (κ1) is 16.6. The van der Waals surface area contributed by atoms with Gasteiger partial charge in [-0.3, -0.25) is 4.68 Å². The number of hydrogen-bond donors (Lipinski definition) is 1. The maximum Gasteiger partial charge on any atom is 0.417 e. The van der Waals surface area contributed by atoms with Crippen molar-refractivity contribution in [2.24, 2.45) is 0 Å². The van der Waals surface area contributed by atoms with Gasteiger partial charge in [0.05, 0.1) is 17.3 Å². The molecule has 2 aromatic rings. The van der Waals surface area contributed by atoms with E-state index in [4.69, 9.17) is 5.10 Å². The Balaban J connectivity index is 1.85. The molecule has 134 valence electrons. The van der Waals surface area contributed by atoms with Crippen molar-refractivity contribution in [2.45, 2.75) is 57.3 Å². The minimum Gasteiger partial charge on any atom is -0.312 e. The van der Waals surface area contributed by atoms with Gasteiger partial charge in [-0.1, -0.05) is 37.5 Å². The third-order valence-electron chi connectivity index (χ3n) is 5.37. The Morgan fingerprint density at radius 1 is 1.08 bits per heavy atom. The van der Waals surface area contributed by atoms with Gasteiger partial charge in [0, 0.05) is 36.3 Å². The second-order valence-electron chi connectivity index (χ2n) is 6.98. The van der Waals surface area contributed by atoms with Crippen LogP contribution in [0.5, 0.6) is 0 Å². The summed E-state index contributed by atoms with van der Waals surface area (Å²) < 4.78 is 42.5. The molecular weight excluding hydrogens is 327 g/mol. The molecule has 0 atom stereocenters. The number of alkyl halides is 3. The van der Waals surface area contributed by atoms with Gasteiger partial charge in [-0.05, 0) is 18.9 Å². The number of nitrogens with zero attached hydrogens (tertiary/aromatic N) is 2. The quantitative estimate of drug-likeness (QED) is 0.850. The molecule has 4 rings (SSSR count). The summed E-state index contributed by atoms with van der Waals surface area (Å²) in [5.41, 5.74) is 2.16. The topological polar surface area (TPSA) is 29.9 Å². The molecular formula is C19H22F3N3. The molecule has 1 aliphatic heterocycles. The van der Waals surface area contributed by atoms with E-state index in [1.807, 2.05) is 0 Å². The molecule has 2 heterocycles. The summed E-state index contributed by atoms with van der Waals surface area (Å²) in [4.78, 5) is 0. The maximum atomic E-state index is 13.5. The highest BCUT2D eigenvalue weighted by atomic mass is 19.4. The Morgan fingerprint density at radius 3 is 2.60 bits per heavy atom. The number of aromatic nitrogens is 2. The Labute approximate surface area is 145 Å². The largest absolute Gasteiger partial charge is 0.417 e. The minimum absolute atomic E-state index is 0.199. The predicted octanol–water partition coefficient (Wildman–Crippen LogP) is 4.72. The fourth-order valence-electron chi connectivity index (χ4n) is 4.16. The van der Waals surface area contributed by atoms with Crippen LogP contribution in [-0.4, -0.2) is 16.3 Å². The number of nitrogens with one attached hydrogen (secondary N) is 1. The molecule has 0 amide bonds. The lowest BCUT2D eigenvalue weighted by Crippen LogP contribution is -2.26. The Kier molecular flexibility index (Phi) is 4.31. The lowest BCUT2D eigenvalue weighted by Gasteiger charge is -2.25. The zero-order chi connectivity index (χ0) is 17.4. The van der Waals surface area contributed by atoms with E-state index in [0.29, 0.717) is 18.3 Å². The van der Waals surface area contributed by atoms with E-state index in [2.05, 4.69) is 10.00 Å². The van der Waals surface area contributed by atoms with E-state index in [0.717, 1.165) is 43.1 Å². The normalized spacial score (nSPS) is 19.0. The zero-order valence-electron chi connectivity index (χ0n) is 14.1. The molecule has 2 aliphatic rings. The van der Waals surface area contributed by atoms with Crippen molar-refractivity contribution < 1.29 is 13.2 Å². The fourth-order valence-corrected chi connectivity index (χ4v) is 4.16. The van der Waals surface area contributed by atoms with Crippen molar-refractivity contribution in [3.63, 3.8) is 0 Å². The van der Waals surface area contributed by atoms with E-state index in [9.17, 15) is 13.2 Å². The van der Waals surface area contributed by atoms with Crippen LogP contribution in [-0.2, 0) is 19.1 Å². The van der Waals surface area contributed by atoms with Crippen LogP contribution in [0.3, 0.4) is 0 Å². The van der Waals surface area contributed by atoms with Crippen LogP contribution in [0.25, 0.3) is 11.3 Å². The highest BCUT2D eigenvalue weighted by Crippen LogP contribution is 2.40. The van der Waals surface area contributed by atoms with Crippen molar-refractivity contribution in [2.75, 3.05) is 6.54 Å². The number of fused-ring (bicyclic) bond motifs is 1. The molecule has 1 saturated carbocycles. The van der Waals surface area contributed by atoms with Crippen LogP contribution in [0.15, 0.2) is 24.3 Å². The van der Waals surface area contributed by atoms with Crippen molar-refractivity contribution >= 4 is 0 Å². The minimum atomic E-state index is -4.37. The van der Waals surface area contributed by atoms with E-state index in [1.54, 1.807) is 12.1 Å². The van der Waals surface area contributed by atoms with Crippen molar-refractivity contribution in [1.82, 2.24) is 15.1 Å². The molecule has 6 heteroatoms. The summed E-state index contributed by atoms with van der Waals surface area (Å²) in [5.74, 6) is 0. The molecule has 1 aliphatic carbocycles. The van der Waals surface area contributed by atoms with E-state index < -0.39 is 11.7 Å². The Hall–Kier alpha value is -1.82. The SMILES string of the molecule is FC(F)(F)c1ccccc1-c1nn(C2CCCCC2)c2c1CNCC2. The summed E-state index contributed by atoms with van der Waals surface area (Å²) in [6.45, 7) is 1.44. The van der Waals surface area contributed by atoms with Crippen LogP contribution < -0.4 is 5.32 Å². The molecule has 0 unspecified atom stereocenters. The first-order valence-electron chi connectivity index (χ1n) is 9.03. The molecule has 0 radical (unpaired) electrons. The van der Waals surface area contributed by atoms with Crippen LogP contribution in [0, 0.1) is 0 Å². The van der Waals surface area contributed by atoms with Crippen molar-refractivity contribution in [1.29, 1.82) is 0 Å². The lowest BCUT2D eigenvalue weighted by atomic mass is 9.94. The van der Waals surface area contributed by atoms with Crippen molar-refractivity contribution in [3.05, 3.63) is 41.1 Å². The van der Waals surface area contributed by atoms with Crippen LogP contribution >= 0.6 is 0 Å². The summed E-state index contributed by atoms with van der Waals surface area (Å²) in [7, 11) is 0. The molecule has 1 N–H and O–H groups in total. The number of benzene rings is 1. The lowest BCUT2D eigenvalue weighted by molar-refractivity contribution is -0.137. The van der Waals surface area contributed by atoms with Gasteiger partial charge in [0.25, 0.3) is 0 Å². The van der Waals surface area contributed by atoms with Gasteiger partial charge in [0.2, 0.25) is 0 Å². The monoisotopic (exact) mass is 349 g/mol. The van der Waals surface area contributed by atoms with E-state index in [1.165, 1.54) is 25.3 Å². The summed E-state index contributed by atoms with van der Waals surface area (Å²) in [5, 5.41) is 8.03. The van der Waals surface area contributed by atoms with Gasteiger partial charge in [-0.15, -0.1) is 0 Å². The van der Waals surface area contributed by atoms with E-state index >= 15 is 0 Å². The Morgan fingerprint density at radius 2 is 1.84 bits per heavy atom. The maximum absolute atomic E-state index is 13.5. The molecule has 25 heavy (non-hydrogen) atoms. The predicted molar refractivity (Wildman–Crippen MR) is 90.2 cm³/mol. The standard InChI is InChI=1S/C19H22F3N3/c20-19(21,22)16-9-5-4-8-14(16)18-15-12-23-11-10-17(15)25(24-18)13-6-2-1-3-7-13/h4-5,8-9,13,23H,1-3,6-7,10-12H2. The van der Waals surface area contributed by atoms with Crippen LogP contribution in [0.4, 0.5) is 13.2 Å². The third kappa shape index (κ3) is 3.08. The molecule has 1 fully saturated rings. The van der Waals surface area contributed by atoms with Crippen molar-refractivity contribution in [3.8, 4) is 11.3 Å². The average Bonchev–Trinajstić information content (AvgIpc) is 3.01. The second-order valence-corrected chi connectivity index (χ2v) is 6.98. The smallest absolute Gasteiger partial charge is 0.312 e. The van der Waals surface area contributed by atoms with E-state index in [-0.39, 0.29) is 5.56 Å². The highest BCUT2D eigenvalue weighted by Gasteiger charge is 2.36. The van der Waals surface area contributed by atoms with Crippen LogP contribution in [0.1, 0.15) is 55.0 Å². The summed E-state index contributed by atoms with van der Waals surface area (Å²) in [6.07, 6.45) is 2.18. The molecule has 1 aromatic heterocycles. The average molecular weight is 349 g/mol. The fraction of sp³-hybridized carbons (Fsp3) is 0.526. The first-order valence-corrected chi connectivity index (χ1v) is 9.03. The summed E-state index contributed by atoms with van der Waals surface area (Å²) in [6, 6.07) is 6.12. The number of halogens is 3. The molecule has 0 saturated heterocycles. The second kappa shape index (κ2) is 6.48. The van der Waals surface area contributed by atoms with Gasteiger partial charge in [0.15, 0.2) is 0 Å². The van der Waals surface area contributed by atoms with Gasteiger partial charge in [0.1, 0.15) is 0 Å². The highest BCUT2D eigenvalue weighted by molar-refractivity contribution is 5.69. The Bertz CT molecular complexity index is 758. The number of hydrogen-bond acceptors (Lipinski definition) is 2.